The van der Waals surface area contributed by atoms with Gasteiger partial charge in [0.2, 0.25) is 5.88 Å². The molecule has 0 bridgehead atoms. The predicted molar refractivity (Wildman–Crippen MR) is 87.9 cm³/mol. The van der Waals surface area contributed by atoms with Gasteiger partial charge in [0.25, 0.3) is 0 Å². The summed E-state index contributed by atoms with van der Waals surface area (Å²) in [7, 11) is 0. The molecule has 3 nitrogen and oxygen atoms in total. The summed E-state index contributed by atoms with van der Waals surface area (Å²) in [5.41, 5.74) is 2.38. The lowest BCUT2D eigenvalue weighted by atomic mass is 10.1. The van der Waals surface area contributed by atoms with E-state index in [0.717, 1.165) is 25.1 Å². The molecule has 1 aromatic carbocycles. The van der Waals surface area contributed by atoms with Gasteiger partial charge in [0.1, 0.15) is 0 Å². The first-order valence-electron chi connectivity index (χ1n) is 7.65. The number of pyridine rings is 1. The Kier molecular flexibility index (Phi) is 6.07. The highest BCUT2D eigenvalue weighted by molar-refractivity contribution is 5.51. The van der Waals surface area contributed by atoms with Gasteiger partial charge in [-0.1, -0.05) is 30.3 Å². The van der Waals surface area contributed by atoms with E-state index in [9.17, 15) is 0 Å². The molecule has 0 saturated carbocycles. The van der Waals surface area contributed by atoms with Crippen LogP contribution in [0.15, 0.2) is 48.7 Å². The van der Waals surface area contributed by atoms with E-state index in [1.54, 1.807) is 6.20 Å². The third-order valence-corrected chi connectivity index (χ3v) is 3.17. The number of hydrogen-bond acceptors (Lipinski definition) is 3. The van der Waals surface area contributed by atoms with Crippen LogP contribution in [0.1, 0.15) is 32.3 Å². The zero-order valence-electron chi connectivity index (χ0n) is 12.9. The van der Waals surface area contributed by atoms with E-state index in [1.165, 1.54) is 12.0 Å². The second-order valence-electron chi connectivity index (χ2n) is 5.39. The van der Waals surface area contributed by atoms with Gasteiger partial charge < -0.3 is 10.1 Å². The fourth-order valence-electron chi connectivity index (χ4n) is 2.16. The minimum absolute atomic E-state index is 0.138. The minimum atomic E-state index is 0.138. The first kappa shape index (κ1) is 15.4. The van der Waals surface area contributed by atoms with Gasteiger partial charge in [0, 0.05) is 12.7 Å². The van der Waals surface area contributed by atoms with Gasteiger partial charge in [-0.25, -0.2) is 4.98 Å². The molecule has 0 saturated heterocycles. The van der Waals surface area contributed by atoms with Gasteiger partial charge in [0.05, 0.1) is 11.8 Å². The van der Waals surface area contributed by atoms with Crippen LogP contribution >= 0.6 is 0 Å². The summed E-state index contributed by atoms with van der Waals surface area (Å²) in [4.78, 5) is 4.28. The topological polar surface area (TPSA) is 34.1 Å². The van der Waals surface area contributed by atoms with Gasteiger partial charge >= 0.3 is 0 Å². The number of nitrogens with zero attached hydrogens (tertiary/aromatic N) is 1. The Labute approximate surface area is 127 Å². The lowest BCUT2D eigenvalue weighted by molar-refractivity contribution is 0.234. The first-order chi connectivity index (χ1) is 10.3. The Morgan fingerprint density at radius 1 is 1.05 bits per heavy atom. The third-order valence-electron chi connectivity index (χ3n) is 3.17. The van der Waals surface area contributed by atoms with Gasteiger partial charge in [0.15, 0.2) is 0 Å². The lowest BCUT2D eigenvalue weighted by Crippen LogP contribution is -2.10. The van der Waals surface area contributed by atoms with E-state index >= 15 is 0 Å². The average Bonchev–Trinajstić information content (AvgIpc) is 2.49. The maximum absolute atomic E-state index is 5.70. The number of hydrogen-bond donors (Lipinski definition) is 1. The molecule has 0 amide bonds. The lowest BCUT2D eigenvalue weighted by Gasteiger charge is -2.14. The zero-order valence-corrected chi connectivity index (χ0v) is 12.9. The van der Waals surface area contributed by atoms with Gasteiger partial charge in [-0.15, -0.1) is 0 Å². The van der Waals surface area contributed by atoms with Crippen LogP contribution in [0.3, 0.4) is 0 Å². The van der Waals surface area contributed by atoms with Crippen molar-refractivity contribution in [1.29, 1.82) is 0 Å². The Bertz CT molecular complexity index is 526. The molecular weight excluding hydrogens is 260 g/mol. The van der Waals surface area contributed by atoms with E-state index < -0.39 is 0 Å². The summed E-state index contributed by atoms with van der Waals surface area (Å²) >= 11 is 0. The molecule has 0 aliphatic carbocycles. The Hall–Kier alpha value is -2.03. The van der Waals surface area contributed by atoms with Gasteiger partial charge in [-0.2, -0.15) is 0 Å². The van der Waals surface area contributed by atoms with Crippen LogP contribution in [0.5, 0.6) is 5.88 Å². The molecule has 0 radical (unpaired) electrons. The summed E-state index contributed by atoms with van der Waals surface area (Å²) < 4.78 is 5.70. The molecule has 3 heteroatoms. The predicted octanol–water partition coefficient (Wildman–Crippen LogP) is 4.30. The van der Waals surface area contributed by atoms with E-state index in [2.05, 4.69) is 40.6 Å². The Morgan fingerprint density at radius 3 is 2.62 bits per heavy atom. The van der Waals surface area contributed by atoms with Crippen molar-refractivity contribution < 1.29 is 4.74 Å². The SMILES string of the molecule is CC(C)Oc1ncccc1NCCCCc1ccccc1. The molecule has 0 aliphatic rings. The molecule has 1 N–H and O–H groups in total. The second-order valence-corrected chi connectivity index (χ2v) is 5.39. The van der Waals surface area contributed by atoms with Crippen molar-refractivity contribution in [3.05, 3.63) is 54.2 Å². The van der Waals surface area contributed by atoms with Crippen molar-refractivity contribution in [2.45, 2.75) is 39.2 Å². The molecule has 0 atom stereocenters. The third kappa shape index (κ3) is 5.46. The molecule has 2 rings (SSSR count). The van der Waals surface area contributed by atoms with Crippen LogP contribution in [0.25, 0.3) is 0 Å². The number of nitrogens with one attached hydrogen (secondary N) is 1. The standard InChI is InChI=1S/C18H24N2O/c1-15(2)21-18-17(12-8-14-20-18)19-13-7-6-11-16-9-4-3-5-10-16/h3-5,8-10,12,14-15,19H,6-7,11,13H2,1-2H3. The minimum Gasteiger partial charge on any atom is -0.473 e. The van der Waals surface area contributed by atoms with Crippen LogP contribution in [-0.2, 0) is 6.42 Å². The second kappa shape index (κ2) is 8.30. The quantitative estimate of drug-likeness (QED) is 0.734. The number of benzene rings is 1. The summed E-state index contributed by atoms with van der Waals surface area (Å²) in [5, 5.41) is 3.42. The van der Waals surface area contributed by atoms with Gasteiger partial charge in [-0.05, 0) is 50.8 Å². The zero-order chi connectivity index (χ0) is 14.9. The Morgan fingerprint density at radius 2 is 1.86 bits per heavy atom. The van der Waals surface area contributed by atoms with Crippen LogP contribution < -0.4 is 10.1 Å². The number of unbranched alkanes of at least 4 members (excludes halogenated alkanes) is 1. The molecule has 112 valence electrons. The molecule has 21 heavy (non-hydrogen) atoms. The van der Waals surface area contributed by atoms with Crippen LogP contribution in [-0.4, -0.2) is 17.6 Å². The van der Waals surface area contributed by atoms with Crippen LogP contribution in [0.4, 0.5) is 5.69 Å². The highest BCUT2D eigenvalue weighted by atomic mass is 16.5. The maximum atomic E-state index is 5.70. The highest BCUT2D eigenvalue weighted by Gasteiger charge is 2.05. The summed E-state index contributed by atoms with van der Waals surface area (Å²) in [6, 6.07) is 14.6. The van der Waals surface area contributed by atoms with E-state index in [1.807, 2.05) is 26.0 Å². The molecule has 0 unspecified atom stereocenters. The molecular formula is C18H24N2O. The smallest absolute Gasteiger partial charge is 0.237 e. The molecule has 1 heterocycles. The van der Waals surface area contributed by atoms with Crippen molar-refractivity contribution in [2.24, 2.45) is 0 Å². The summed E-state index contributed by atoms with van der Waals surface area (Å²) in [6.45, 7) is 4.96. The summed E-state index contributed by atoms with van der Waals surface area (Å²) in [6.07, 6.45) is 5.34. The van der Waals surface area contributed by atoms with Crippen molar-refractivity contribution in [2.75, 3.05) is 11.9 Å². The van der Waals surface area contributed by atoms with Crippen LogP contribution in [0.2, 0.25) is 0 Å². The average molecular weight is 284 g/mol. The maximum Gasteiger partial charge on any atom is 0.237 e. The van der Waals surface area contributed by atoms with E-state index in [0.29, 0.717) is 5.88 Å². The van der Waals surface area contributed by atoms with Crippen molar-refractivity contribution >= 4 is 5.69 Å². The highest BCUT2D eigenvalue weighted by Crippen LogP contribution is 2.21. The molecule has 0 fully saturated rings. The van der Waals surface area contributed by atoms with E-state index in [4.69, 9.17) is 4.74 Å². The molecule has 0 spiro atoms. The fourth-order valence-corrected chi connectivity index (χ4v) is 2.16. The molecule has 2 aromatic rings. The van der Waals surface area contributed by atoms with Crippen molar-refractivity contribution in [3.63, 3.8) is 0 Å². The summed E-state index contributed by atoms with van der Waals surface area (Å²) in [5.74, 6) is 0.690. The Balaban J connectivity index is 1.73. The first-order valence-corrected chi connectivity index (χ1v) is 7.65. The monoisotopic (exact) mass is 284 g/mol. The van der Waals surface area contributed by atoms with Crippen LogP contribution in [0, 0.1) is 0 Å². The molecule has 1 aromatic heterocycles. The number of aromatic nitrogens is 1. The number of rotatable bonds is 8. The number of anilines is 1. The molecule has 0 aliphatic heterocycles. The number of ether oxygens (including phenoxy) is 1. The van der Waals surface area contributed by atoms with Crippen molar-refractivity contribution in [3.8, 4) is 5.88 Å². The normalized spacial score (nSPS) is 10.6. The number of aryl methyl sites for hydroxylation is 1. The largest absolute Gasteiger partial charge is 0.473 e. The van der Waals surface area contributed by atoms with Gasteiger partial charge in [-0.3, -0.25) is 0 Å². The van der Waals surface area contributed by atoms with E-state index in [-0.39, 0.29) is 6.10 Å². The fraction of sp³-hybridized carbons (Fsp3) is 0.389. The van der Waals surface area contributed by atoms with Crippen molar-refractivity contribution in [1.82, 2.24) is 4.98 Å².